The molecule has 0 radical (unpaired) electrons. The third-order valence-electron chi connectivity index (χ3n) is 4.05. The zero-order chi connectivity index (χ0) is 12.6. The van der Waals surface area contributed by atoms with Crippen LogP contribution in [-0.2, 0) is 4.79 Å². The number of imide groups is 1. The molecule has 1 heterocycles. The van der Waals surface area contributed by atoms with Gasteiger partial charge in [-0.25, -0.2) is 4.79 Å². The molecule has 17 heavy (non-hydrogen) atoms. The Bertz CT molecular complexity index is 340. The molecule has 3 amide bonds. The minimum Gasteiger partial charge on any atom is -0.323 e. The number of carbonyl (C=O) groups excluding carboxylic acids is 2. The number of rotatable bonds is 2. The third-order valence-corrected chi connectivity index (χ3v) is 4.05. The monoisotopic (exact) mass is 238 g/mol. The molecule has 1 aliphatic carbocycles. The normalized spacial score (nSPS) is 33.6. The van der Waals surface area contributed by atoms with Crippen molar-refractivity contribution in [2.45, 2.75) is 52.0 Å². The molecule has 2 atom stereocenters. The standard InChI is InChI=1S/C13H22N2O2/c1-9(2)8-15-11(16)13(14-12(15)17)7-5-4-6-10(13)3/h9-10H,4-8H2,1-3H3,(H,14,17). The van der Waals surface area contributed by atoms with E-state index in [1.807, 2.05) is 13.8 Å². The van der Waals surface area contributed by atoms with Crippen molar-refractivity contribution in [3.63, 3.8) is 0 Å². The Kier molecular flexibility index (Phi) is 3.15. The maximum Gasteiger partial charge on any atom is 0.325 e. The van der Waals surface area contributed by atoms with Crippen LogP contribution in [0.3, 0.4) is 0 Å². The molecule has 2 aliphatic rings. The van der Waals surface area contributed by atoms with E-state index in [1.165, 1.54) is 4.90 Å². The topological polar surface area (TPSA) is 49.4 Å². The molecule has 1 saturated carbocycles. The summed E-state index contributed by atoms with van der Waals surface area (Å²) in [6.45, 7) is 6.65. The van der Waals surface area contributed by atoms with E-state index >= 15 is 0 Å². The van der Waals surface area contributed by atoms with E-state index < -0.39 is 5.54 Å². The Morgan fingerprint density at radius 2 is 2.12 bits per heavy atom. The molecule has 96 valence electrons. The largest absolute Gasteiger partial charge is 0.325 e. The van der Waals surface area contributed by atoms with Crippen molar-refractivity contribution in [2.24, 2.45) is 11.8 Å². The van der Waals surface area contributed by atoms with E-state index in [0.29, 0.717) is 12.5 Å². The van der Waals surface area contributed by atoms with E-state index in [2.05, 4.69) is 12.2 Å². The van der Waals surface area contributed by atoms with E-state index in [4.69, 9.17) is 0 Å². The van der Waals surface area contributed by atoms with Crippen LogP contribution in [0, 0.1) is 11.8 Å². The first kappa shape index (κ1) is 12.4. The molecule has 1 N–H and O–H groups in total. The Morgan fingerprint density at radius 1 is 1.41 bits per heavy atom. The summed E-state index contributed by atoms with van der Waals surface area (Å²) >= 11 is 0. The van der Waals surface area contributed by atoms with Gasteiger partial charge < -0.3 is 5.32 Å². The lowest BCUT2D eigenvalue weighted by Crippen LogP contribution is -2.54. The van der Waals surface area contributed by atoms with Crippen LogP contribution in [0.25, 0.3) is 0 Å². The lowest BCUT2D eigenvalue weighted by atomic mass is 9.73. The molecule has 4 nitrogen and oxygen atoms in total. The fourth-order valence-electron chi connectivity index (χ4n) is 3.03. The van der Waals surface area contributed by atoms with Gasteiger partial charge in [-0.05, 0) is 24.7 Å². The zero-order valence-corrected chi connectivity index (χ0v) is 11.0. The molecular formula is C13H22N2O2. The molecule has 2 rings (SSSR count). The summed E-state index contributed by atoms with van der Waals surface area (Å²) in [6.07, 6.45) is 4.02. The van der Waals surface area contributed by atoms with Gasteiger partial charge in [0.2, 0.25) is 0 Å². The first-order valence-electron chi connectivity index (χ1n) is 6.61. The molecule has 1 spiro atoms. The second-order valence-corrected chi connectivity index (χ2v) is 5.86. The molecule has 4 heteroatoms. The van der Waals surface area contributed by atoms with Gasteiger partial charge in [-0.1, -0.05) is 33.6 Å². The lowest BCUT2D eigenvalue weighted by molar-refractivity contribution is -0.134. The fraction of sp³-hybridized carbons (Fsp3) is 0.846. The Labute approximate surface area is 103 Å². The van der Waals surface area contributed by atoms with Crippen molar-refractivity contribution >= 4 is 11.9 Å². The van der Waals surface area contributed by atoms with E-state index in [9.17, 15) is 9.59 Å². The van der Waals surface area contributed by atoms with Gasteiger partial charge >= 0.3 is 6.03 Å². The predicted octanol–water partition coefficient (Wildman–Crippen LogP) is 2.14. The number of hydrogen-bond acceptors (Lipinski definition) is 2. The van der Waals surface area contributed by atoms with Crippen molar-refractivity contribution < 1.29 is 9.59 Å². The molecule has 0 aromatic rings. The molecule has 1 aliphatic heterocycles. The van der Waals surface area contributed by atoms with Gasteiger partial charge in [0.05, 0.1) is 0 Å². The van der Waals surface area contributed by atoms with Gasteiger partial charge in [0, 0.05) is 6.54 Å². The Morgan fingerprint density at radius 3 is 2.71 bits per heavy atom. The highest BCUT2D eigenvalue weighted by atomic mass is 16.2. The summed E-state index contributed by atoms with van der Waals surface area (Å²) < 4.78 is 0. The lowest BCUT2D eigenvalue weighted by Gasteiger charge is -2.36. The summed E-state index contributed by atoms with van der Waals surface area (Å²) in [4.78, 5) is 25.8. The van der Waals surface area contributed by atoms with Gasteiger partial charge in [0.15, 0.2) is 0 Å². The van der Waals surface area contributed by atoms with Crippen LogP contribution in [0.1, 0.15) is 46.5 Å². The van der Waals surface area contributed by atoms with Crippen LogP contribution >= 0.6 is 0 Å². The van der Waals surface area contributed by atoms with Crippen LogP contribution in [0.5, 0.6) is 0 Å². The molecule has 2 unspecified atom stereocenters. The quantitative estimate of drug-likeness (QED) is 0.749. The van der Waals surface area contributed by atoms with Crippen molar-refractivity contribution in [3.05, 3.63) is 0 Å². The molecule has 2 fully saturated rings. The number of amides is 3. The van der Waals surface area contributed by atoms with Crippen LogP contribution in [-0.4, -0.2) is 28.9 Å². The summed E-state index contributed by atoms with van der Waals surface area (Å²) in [5.74, 6) is 0.576. The maximum absolute atomic E-state index is 12.5. The fourth-order valence-corrected chi connectivity index (χ4v) is 3.03. The van der Waals surface area contributed by atoms with E-state index in [1.54, 1.807) is 0 Å². The van der Waals surface area contributed by atoms with Gasteiger partial charge in [-0.15, -0.1) is 0 Å². The summed E-state index contributed by atoms with van der Waals surface area (Å²) in [5.41, 5.74) is -0.593. The second kappa shape index (κ2) is 4.31. The number of hydrogen-bond donors (Lipinski definition) is 1. The van der Waals surface area contributed by atoms with Crippen LogP contribution in [0.15, 0.2) is 0 Å². The molecule has 0 bridgehead atoms. The third kappa shape index (κ3) is 1.94. The highest BCUT2D eigenvalue weighted by molar-refractivity contribution is 6.07. The second-order valence-electron chi connectivity index (χ2n) is 5.86. The predicted molar refractivity (Wildman–Crippen MR) is 65.4 cm³/mol. The molecule has 0 aromatic carbocycles. The van der Waals surface area contributed by atoms with Crippen LogP contribution < -0.4 is 5.32 Å². The number of urea groups is 1. The molecule has 1 saturated heterocycles. The zero-order valence-electron chi connectivity index (χ0n) is 11.0. The Hall–Kier alpha value is -1.06. The van der Waals surface area contributed by atoms with Crippen LogP contribution in [0.4, 0.5) is 4.79 Å². The smallest absolute Gasteiger partial charge is 0.323 e. The number of nitrogens with one attached hydrogen (secondary N) is 1. The summed E-state index contributed by atoms with van der Waals surface area (Å²) in [5, 5.41) is 2.96. The van der Waals surface area contributed by atoms with Gasteiger partial charge in [-0.2, -0.15) is 0 Å². The first-order valence-corrected chi connectivity index (χ1v) is 6.61. The van der Waals surface area contributed by atoms with Crippen molar-refractivity contribution in [1.82, 2.24) is 10.2 Å². The van der Waals surface area contributed by atoms with E-state index in [0.717, 1.165) is 25.7 Å². The Balaban J connectivity index is 2.21. The average molecular weight is 238 g/mol. The van der Waals surface area contributed by atoms with Crippen molar-refractivity contribution in [3.8, 4) is 0 Å². The minimum atomic E-state index is -0.593. The van der Waals surface area contributed by atoms with Crippen molar-refractivity contribution in [2.75, 3.05) is 6.54 Å². The highest BCUT2D eigenvalue weighted by Gasteiger charge is 2.54. The maximum atomic E-state index is 12.5. The van der Waals surface area contributed by atoms with Gasteiger partial charge in [-0.3, -0.25) is 9.69 Å². The highest BCUT2D eigenvalue weighted by Crippen LogP contribution is 2.38. The van der Waals surface area contributed by atoms with Gasteiger partial charge in [0.25, 0.3) is 5.91 Å². The number of nitrogens with zero attached hydrogens (tertiary/aromatic N) is 1. The summed E-state index contributed by atoms with van der Waals surface area (Å²) in [7, 11) is 0. The van der Waals surface area contributed by atoms with Crippen LogP contribution in [0.2, 0.25) is 0 Å². The average Bonchev–Trinajstić information content (AvgIpc) is 2.48. The summed E-state index contributed by atoms with van der Waals surface area (Å²) in [6, 6.07) is -0.197. The van der Waals surface area contributed by atoms with Gasteiger partial charge in [0.1, 0.15) is 5.54 Å². The minimum absolute atomic E-state index is 0.00315. The van der Waals surface area contributed by atoms with E-state index in [-0.39, 0.29) is 17.9 Å². The van der Waals surface area contributed by atoms with Crippen molar-refractivity contribution in [1.29, 1.82) is 0 Å². The SMILES string of the molecule is CC(C)CN1C(=O)NC2(CCCCC2C)C1=O. The molecule has 0 aromatic heterocycles. The first-order chi connectivity index (χ1) is 7.97. The number of carbonyl (C=O) groups is 2. The molecular weight excluding hydrogens is 216 g/mol.